The van der Waals surface area contributed by atoms with Gasteiger partial charge in [-0.05, 0) is 30.7 Å². The highest BCUT2D eigenvalue weighted by Crippen LogP contribution is 2.31. The van der Waals surface area contributed by atoms with Crippen LogP contribution in [-0.4, -0.2) is 34.4 Å². The third-order valence-corrected chi connectivity index (χ3v) is 5.74. The minimum Gasteiger partial charge on any atom is -0.352 e. The summed E-state index contributed by atoms with van der Waals surface area (Å²) < 4.78 is 2.84. The van der Waals surface area contributed by atoms with Gasteiger partial charge in [0.05, 0.1) is 0 Å². The molecule has 0 aliphatic carbocycles. The van der Waals surface area contributed by atoms with Crippen molar-refractivity contribution in [3.63, 3.8) is 0 Å². The highest BCUT2D eigenvalue weighted by atomic mass is 79.9. The summed E-state index contributed by atoms with van der Waals surface area (Å²) in [6, 6.07) is 16.8. The van der Waals surface area contributed by atoms with Crippen LogP contribution in [-0.2, 0) is 11.3 Å². The monoisotopic (exact) mass is 425 g/mol. The molecule has 27 heavy (non-hydrogen) atoms. The Morgan fingerprint density at radius 3 is 2.70 bits per heavy atom. The van der Waals surface area contributed by atoms with Crippen molar-refractivity contribution in [3.8, 4) is 0 Å². The SMILES string of the molecule is CCn1c(C(=O)N2CCNC(=O)C2c2ccccc2Br)cc2ccccc21. The molecule has 2 heterocycles. The number of nitrogens with one attached hydrogen (secondary N) is 1. The fraction of sp³-hybridized carbons (Fsp3) is 0.238. The third kappa shape index (κ3) is 3.04. The Kier molecular flexibility index (Phi) is 4.74. The van der Waals surface area contributed by atoms with E-state index in [0.717, 1.165) is 20.9 Å². The van der Waals surface area contributed by atoms with Crippen molar-refractivity contribution in [2.45, 2.75) is 19.5 Å². The molecule has 0 bridgehead atoms. The molecular formula is C21H20BrN3O2. The van der Waals surface area contributed by atoms with E-state index < -0.39 is 6.04 Å². The van der Waals surface area contributed by atoms with E-state index in [1.54, 1.807) is 4.90 Å². The Morgan fingerprint density at radius 1 is 1.19 bits per heavy atom. The van der Waals surface area contributed by atoms with E-state index in [2.05, 4.69) is 21.2 Å². The van der Waals surface area contributed by atoms with Crippen LogP contribution in [0.1, 0.15) is 29.0 Å². The number of nitrogens with zero attached hydrogens (tertiary/aromatic N) is 2. The van der Waals surface area contributed by atoms with Gasteiger partial charge in [0.25, 0.3) is 5.91 Å². The molecule has 1 fully saturated rings. The molecule has 1 saturated heterocycles. The van der Waals surface area contributed by atoms with Gasteiger partial charge in [0.15, 0.2) is 0 Å². The van der Waals surface area contributed by atoms with Crippen LogP contribution in [0.5, 0.6) is 0 Å². The van der Waals surface area contributed by atoms with Gasteiger partial charge in [-0.1, -0.05) is 52.3 Å². The topological polar surface area (TPSA) is 54.3 Å². The summed E-state index contributed by atoms with van der Waals surface area (Å²) in [5.41, 5.74) is 2.44. The molecule has 3 aromatic rings. The summed E-state index contributed by atoms with van der Waals surface area (Å²) in [5, 5.41) is 3.92. The summed E-state index contributed by atoms with van der Waals surface area (Å²) >= 11 is 3.53. The van der Waals surface area contributed by atoms with E-state index in [0.29, 0.717) is 25.3 Å². The summed E-state index contributed by atoms with van der Waals surface area (Å²) in [5.74, 6) is -0.274. The average Bonchev–Trinajstić information content (AvgIpc) is 3.06. The van der Waals surface area contributed by atoms with Crippen LogP contribution < -0.4 is 5.32 Å². The molecule has 2 amide bonds. The number of rotatable bonds is 3. The van der Waals surface area contributed by atoms with Gasteiger partial charge in [-0.3, -0.25) is 9.59 Å². The van der Waals surface area contributed by atoms with Crippen molar-refractivity contribution in [1.82, 2.24) is 14.8 Å². The van der Waals surface area contributed by atoms with Crippen molar-refractivity contribution in [1.29, 1.82) is 0 Å². The second-order valence-electron chi connectivity index (χ2n) is 6.55. The molecule has 1 N–H and O–H groups in total. The normalized spacial score (nSPS) is 17.2. The van der Waals surface area contributed by atoms with Crippen LogP contribution in [0.3, 0.4) is 0 Å². The first-order valence-electron chi connectivity index (χ1n) is 9.03. The van der Waals surface area contributed by atoms with Crippen LogP contribution in [0.2, 0.25) is 0 Å². The molecular weight excluding hydrogens is 406 g/mol. The number of para-hydroxylation sites is 1. The maximum Gasteiger partial charge on any atom is 0.271 e. The smallest absolute Gasteiger partial charge is 0.271 e. The molecule has 6 heteroatoms. The van der Waals surface area contributed by atoms with Crippen molar-refractivity contribution in [2.24, 2.45) is 0 Å². The van der Waals surface area contributed by atoms with Crippen molar-refractivity contribution >= 4 is 38.6 Å². The molecule has 1 unspecified atom stereocenters. The summed E-state index contributed by atoms with van der Waals surface area (Å²) in [7, 11) is 0. The second kappa shape index (κ2) is 7.19. The van der Waals surface area contributed by atoms with Gasteiger partial charge in [0, 0.05) is 35.0 Å². The largest absolute Gasteiger partial charge is 0.352 e. The summed E-state index contributed by atoms with van der Waals surface area (Å²) in [4.78, 5) is 27.9. The Morgan fingerprint density at radius 2 is 1.93 bits per heavy atom. The lowest BCUT2D eigenvalue weighted by Crippen LogP contribution is -2.52. The maximum absolute atomic E-state index is 13.5. The molecule has 1 aliphatic rings. The van der Waals surface area contributed by atoms with Crippen LogP contribution >= 0.6 is 15.9 Å². The van der Waals surface area contributed by atoms with Crippen LogP contribution in [0, 0.1) is 0 Å². The highest BCUT2D eigenvalue weighted by Gasteiger charge is 2.36. The Balaban J connectivity index is 1.80. The molecule has 0 spiro atoms. The van der Waals surface area contributed by atoms with E-state index in [-0.39, 0.29) is 11.8 Å². The first-order valence-corrected chi connectivity index (χ1v) is 9.82. The summed E-state index contributed by atoms with van der Waals surface area (Å²) in [6.07, 6.45) is 0. The number of benzene rings is 2. The van der Waals surface area contributed by atoms with Gasteiger partial charge in [-0.25, -0.2) is 0 Å². The number of hydrogen-bond donors (Lipinski definition) is 1. The van der Waals surface area contributed by atoms with Gasteiger partial charge in [-0.15, -0.1) is 0 Å². The Hall–Kier alpha value is -2.60. The van der Waals surface area contributed by atoms with Gasteiger partial charge in [0.1, 0.15) is 11.7 Å². The lowest BCUT2D eigenvalue weighted by atomic mass is 10.0. The quantitative estimate of drug-likeness (QED) is 0.694. The number of aryl methyl sites for hydroxylation is 1. The van der Waals surface area contributed by atoms with Crippen molar-refractivity contribution in [2.75, 3.05) is 13.1 Å². The number of fused-ring (bicyclic) bond motifs is 1. The minimum absolute atomic E-state index is 0.122. The molecule has 2 aromatic carbocycles. The molecule has 0 saturated carbocycles. The number of carbonyl (C=O) groups excluding carboxylic acids is 2. The van der Waals surface area contributed by atoms with Crippen LogP contribution in [0.25, 0.3) is 10.9 Å². The zero-order chi connectivity index (χ0) is 19.0. The number of amides is 2. The van der Waals surface area contributed by atoms with Gasteiger partial charge >= 0.3 is 0 Å². The molecule has 4 rings (SSSR count). The maximum atomic E-state index is 13.5. The predicted octanol–water partition coefficient (Wildman–Crippen LogP) is 3.74. The summed E-state index contributed by atoms with van der Waals surface area (Å²) in [6.45, 7) is 3.64. The zero-order valence-corrected chi connectivity index (χ0v) is 16.6. The fourth-order valence-corrected chi connectivity index (χ4v) is 4.27. The molecule has 1 atom stereocenters. The number of aromatic nitrogens is 1. The molecule has 1 aliphatic heterocycles. The lowest BCUT2D eigenvalue weighted by Gasteiger charge is -2.35. The van der Waals surface area contributed by atoms with Gasteiger partial charge in [-0.2, -0.15) is 0 Å². The molecule has 138 valence electrons. The first kappa shape index (κ1) is 17.8. The van der Waals surface area contributed by atoms with E-state index in [1.165, 1.54) is 0 Å². The fourth-order valence-electron chi connectivity index (χ4n) is 3.77. The lowest BCUT2D eigenvalue weighted by molar-refractivity contribution is -0.128. The van der Waals surface area contributed by atoms with Crippen molar-refractivity contribution in [3.05, 3.63) is 70.3 Å². The van der Waals surface area contributed by atoms with Crippen LogP contribution in [0.15, 0.2) is 59.1 Å². The van der Waals surface area contributed by atoms with Gasteiger partial charge < -0.3 is 14.8 Å². The van der Waals surface area contributed by atoms with E-state index in [4.69, 9.17) is 0 Å². The zero-order valence-electron chi connectivity index (χ0n) is 15.0. The minimum atomic E-state index is -0.648. The molecule has 1 aromatic heterocycles. The number of hydrogen-bond acceptors (Lipinski definition) is 2. The van der Waals surface area contributed by atoms with Gasteiger partial charge in [0.2, 0.25) is 5.91 Å². The van der Waals surface area contributed by atoms with Crippen molar-refractivity contribution < 1.29 is 9.59 Å². The first-order chi connectivity index (χ1) is 13.1. The Labute approximate surface area is 166 Å². The van der Waals surface area contributed by atoms with Crippen LogP contribution in [0.4, 0.5) is 0 Å². The van der Waals surface area contributed by atoms with E-state index >= 15 is 0 Å². The standard InChI is InChI=1S/C21H20BrN3O2/c1-2-24-17-10-6-3-7-14(17)13-18(24)21(27)25-12-11-23-20(26)19(25)15-8-4-5-9-16(15)22/h3-10,13,19H,2,11-12H2,1H3,(H,23,26). The molecule has 0 radical (unpaired) electrons. The molecule has 5 nitrogen and oxygen atoms in total. The second-order valence-corrected chi connectivity index (χ2v) is 7.40. The number of piperazine rings is 1. The van der Waals surface area contributed by atoms with E-state index in [1.807, 2.05) is 66.1 Å². The third-order valence-electron chi connectivity index (χ3n) is 5.02. The average molecular weight is 426 g/mol. The van der Waals surface area contributed by atoms with E-state index in [9.17, 15) is 9.59 Å². The predicted molar refractivity (Wildman–Crippen MR) is 109 cm³/mol. The number of carbonyl (C=O) groups is 2. The highest BCUT2D eigenvalue weighted by molar-refractivity contribution is 9.10. The Bertz CT molecular complexity index is 1030. The number of halogens is 1.